The second-order valence-electron chi connectivity index (χ2n) is 5.96. The Morgan fingerprint density at radius 3 is 2.54 bits per heavy atom. The summed E-state index contributed by atoms with van der Waals surface area (Å²) in [6, 6.07) is 10.0. The first-order valence-electron chi connectivity index (χ1n) is 7.75. The number of nitrogens with zero attached hydrogens (tertiary/aromatic N) is 1. The molecule has 0 radical (unpaired) electrons. The molecule has 0 unspecified atom stereocenters. The van der Waals surface area contributed by atoms with E-state index in [9.17, 15) is 14.7 Å². The third kappa shape index (κ3) is 3.34. The lowest BCUT2D eigenvalue weighted by Gasteiger charge is -2.30. The minimum absolute atomic E-state index is 0.0350. The number of aromatic hydroxyl groups is 1. The summed E-state index contributed by atoms with van der Waals surface area (Å²) in [6.45, 7) is 3.83. The molecule has 0 spiro atoms. The number of aryl methyl sites for hydroxylation is 2. The highest BCUT2D eigenvalue weighted by Crippen LogP contribution is 2.28. The van der Waals surface area contributed by atoms with Crippen LogP contribution in [-0.4, -0.2) is 22.0 Å². The van der Waals surface area contributed by atoms with Crippen LogP contribution >= 0.6 is 23.8 Å². The molecule has 1 aliphatic heterocycles. The molecule has 2 aromatic rings. The van der Waals surface area contributed by atoms with Crippen molar-refractivity contribution in [2.24, 2.45) is 0 Å². The maximum absolute atomic E-state index is 13.0. The minimum atomic E-state index is -0.579. The third-order valence-electron chi connectivity index (χ3n) is 3.98. The second-order valence-corrected chi connectivity index (χ2v) is 6.75. The van der Waals surface area contributed by atoms with Crippen molar-refractivity contribution in [1.29, 1.82) is 0 Å². The van der Waals surface area contributed by atoms with Gasteiger partial charge in [-0.2, -0.15) is 0 Å². The first kappa shape index (κ1) is 18.1. The summed E-state index contributed by atoms with van der Waals surface area (Å²) in [5, 5.41) is 12.2. The Kier molecular flexibility index (Phi) is 4.80. The van der Waals surface area contributed by atoms with Gasteiger partial charge in [0.05, 0.1) is 10.7 Å². The number of anilines is 1. The largest absolute Gasteiger partial charge is 0.506 e. The van der Waals surface area contributed by atoms with Crippen LogP contribution < -0.4 is 10.2 Å². The van der Waals surface area contributed by atoms with Crippen molar-refractivity contribution >= 4 is 52.5 Å². The number of rotatable bonds is 2. The van der Waals surface area contributed by atoms with Gasteiger partial charge < -0.3 is 5.11 Å². The molecule has 0 saturated carbocycles. The zero-order chi connectivity index (χ0) is 19.0. The van der Waals surface area contributed by atoms with Gasteiger partial charge in [-0.05, 0) is 61.5 Å². The molecule has 1 heterocycles. The first-order valence-corrected chi connectivity index (χ1v) is 8.54. The van der Waals surface area contributed by atoms with Gasteiger partial charge in [0.2, 0.25) is 0 Å². The van der Waals surface area contributed by atoms with E-state index >= 15 is 0 Å². The van der Waals surface area contributed by atoms with Gasteiger partial charge in [-0.1, -0.05) is 35.4 Å². The molecule has 2 amide bonds. The molecule has 2 N–H and O–H groups in total. The highest BCUT2D eigenvalue weighted by Gasteiger charge is 2.35. The maximum atomic E-state index is 13.0. The molecule has 26 heavy (non-hydrogen) atoms. The van der Waals surface area contributed by atoms with E-state index in [2.05, 4.69) is 5.32 Å². The molecule has 7 heteroatoms. The summed E-state index contributed by atoms with van der Waals surface area (Å²) in [4.78, 5) is 26.6. The molecule has 3 rings (SSSR count). The number of carbonyl (C=O) groups excluding carboxylic acids is 2. The molecule has 0 bridgehead atoms. The molecule has 132 valence electrons. The van der Waals surface area contributed by atoms with Crippen molar-refractivity contribution in [3.05, 3.63) is 63.7 Å². The van der Waals surface area contributed by atoms with Crippen molar-refractivity contribution in [3.63, 3.8) is 0 Å². The van der Waals surface area contributed by atoms with E-state index in [0.29, 0.717) is 11.3 Å². The van der Waals surface area contributed by atoms with Crippen LogP contribution in [0.1, 0.15) is 16.7 Å². The van der Waals surface area contributed by atoms with Gasteiger partial charge >= 0.3 is 0 Å². The number of carbonyl (C=O) groups is 2. The minimum Gasteiger partial charge on any atom is -0.506 e. The number of amides is 2. The summed E-state index contributed by atoms with van der Waals surface area (Å²) in [7, 11) is 0. The number of benzene rings is 2. The van der Waals surface area contributed by atoms with E-state index in [0.717, 1.165) is 11.1 Å². The quantitative estimate of drug-likeness (QED) is 0.471. The van der Waals surface area contributed by atoms with E-state index in [1.165, 1.54) is 23.1 Å². The van der Waals surface area contributed by atoms with Gasteiger partial charge in [-0.15, -0.1) is 0 Å². The van der Waals surface area contributed by atoms with Crippen LogP contribution in [0.5, 0.6) is 5.75 Å². The lowest BCUT2D eigenvalue weighted by atomic mass is 10.0. The summed E-state index contributed by atoms with van der Waals surface area (Å²) < 4.78 is 0. The van der Waals surface area contributed by atoms with Crippen LogP contribution in [0.4, 0.5) is 5.69 Å². The molecule has 0 aromatic heterocycles. The molecule has 0 atom stereocenters. The zero-order valence-corrected chi connectivity index (χ0v) is 15.6. The van der Waals surface area contributed by atoms with Crippen LogP contribution in [0.3, 0.4) is 0 Å². The van der Waals surface area contributed by atoms with E-state index < -0.39 is 11.8 Å². The lowest BCUT2D eigenvalue weighted by molar-refractivity contribution is -0.122. The zero-order valence-electron chi connectivity index (χ0n) is 14.0. The van der Waals surface area contributed by atoms with Crippen LogP contribution in [0.25, 0.3) is 6.08 Å². The van der Waals surface area contributed by atoms with Gasteiger partial charge in [0.15, 0.2) is 5.11 Å². The fourth-order valence-electron chi connectivity index (χ4n) is 2.71. The molecule has 1 aliphatic rings. The Bertz CT molecular complexity index is 985. The van der Waals surface area contributed by atoms with Gasteiger partial charge in [0, 0.05) is 0 Å². The highest BCUT2D eigenvalue weighted by atomic mass is 35.5. The van der Waals surface area contributed by atoms with Crippen molar-refractivity contribution < 1.29 is 14.7 Å². The Hall–Kier alpha value is -2.70. The molecule has 1 fully saturated rings. The van der Waals surface area contributed by atoms with Gasteiger partial charge in [-0.3, -0.25) is 19.8 Å². The number of thiocarbonyl (C=S) groups is 1. The maximum Gasteiger partial charge on any atom is 0.270 e. The molecule has 2 aromatic carbocycles. The van der Waals surface area contributed by atoms with Gasteiger partial charge in [-0.25, -0.2) is 0 Å². The number of hydrogen-bond donors (Lipinski definition) is 2. The number of halogens is 1. The van der Waals surface area contributed by atoms with Crippen molar-refractivity contribution in [3.8, 4) is 5.75 Å². The predicted octanol–water partition coefficient (Wildman–Crippen LogP) is 3.49. The summed E-state index contributed by atoms with van der Waals surface area (Å²) >= 11 is 11.1. The van der Waals surface area contributed by atoms with Gasteiger partial charge in [0.25, 0.3) is 11.8 Å². The number of nitrogens with one attached hydrogen (secondary N) is 1. The fourth-order valence-corrected chi connectivity index (χ4v) is 3.18. The molecular weight excluding hydrogens is 372 g/mol. The second kappa shape index (κ2) is 6.90. The Morgan fingerprint density at radius 2 is 1.88 bits per heavy atom. The number of phenols is 1. The number of hydrogen-bond acceptors (Lipinski definition) is 4. The Morgan fingerprint density at radius 1 is 1.15 bits per heavy atom. The lowest BCUT2D eigenvalue weighted by Crippen LogP contribution is -2.54. The average molecular weight is 387 g/mol. The van der Waals surface area contributed by atoms with E-state index in [4.69, 9.17) is 23.8 Å². The van der Waals surface area contributed by atoms with E-state index in [1.54, 1.807) is 12.1 Å². The molecule has 1 saturated heterocycles. The average Bonchev–Trinajstić information content (AvgIpc) is 2.56. The fraction of sp³-hybridized carbons (Fsp3) is 0.105. The summed E-state index contributed by atoms with van der Waals surface area (Å²) in [6.07, 6.45) is 1.42. The van der Waals surface area contributed by atoms with Crippen molar-refractivity contribution in [2.45, 2.75) is 13.8 Å². The standard InChI is InChI=1S/C19H15ClN2O3S/c1-10-3-5-15(11(2)7-10)22-18(25)13(17(24)21-19(22)26)8-12-4-6-16(23)14(20)9-12/h3-9,23H,1-2H3,(H,21,24,26)/b13-8-. The Balaban J connectivity index is 2.05. The van der Waals surface area contributed by atoms with Crippen LogP contribution in [0, 0.1) is 13.8 Å². The Labute approximate surface area is 160 Å². The predicted molar refractivity (Wildman–Crippen MR) is 105 cm³/mol. The first-order chi connectivity index (χ1) is 12.3. The van der Waals surface area contributed by atoms with Crippen LogP contribution in [0.15, 0.2) is 42.0 Å². The molecule has 5 nitrogen and oxygen atoms in total. The summed E-state index contributed by atoms with van der Waals surface area (Å²) in [5.74, 6) is -1.17. The van der Waals surface area contributed by atoms with E-state index in [-0.39, 0.29) is 21.5 Å². The monoisotopic (exact) mass is 386 g/mol. The topological polar surface area (TPSA) is 69.6 Å². The van der Waals surface area contributed by atoms with Crippen molar-refractivity contribution in [2.75, 3.05) is 4.90 Å². The SMILES string of the molecule is Cc1ccc(N2C(=O)/C(=C\c3ccc(O)c(Cl)c3)C(=O)NC2=S)c(C)c1. The smallest absolute Gasteiger partial charge is 0.270 e. The highest BCUT2D eigenvalue weighted by molar-refractivity contribution is 7.80. The normalized spacial score (nSPS) is 16.2. The van der Waals surface area contributed by atoms with Crippen molar-refractivity contribution in [1.82, 2.24) is 5.32 Å². The molecular formula is C19H15ClN2O3S. The van der Waals surface area contributed by atoms with E-state index in [1.807, 2.05) is 26.0 Å². The third-order valence-corrected chi connectivity index (χ3v) is 4.56. The summed E-state index contributed by atoms with van der Waals surface area (Å²) in [5.41, 5.74) is 2.98. The molecule has 0 aliphatic carbocycles. The van der Waals surface area contributed by atoms with Gasteiger partial charge in [0.1, 0.15) is 11.3 Å². The van der Waals surface area contributed by atoms with Crippen LogP contribution in [0.2, 0.25) is 5.02 Å². The van der Waals surface area contributed by atoms with Crippen LogP contribution in [-0.2, 0) is 9.59 Å². The number of phenolic OH excluding ortho intramolecular Hbond substituents is 1.